The summed E-state index contributed by atoms with van der Waals surface area (Å²) < 4.78 is 5.41. The molecule has 0 aromatic heterocycles. The second-order valence-corrected chi connectivity index (χ2v) is 19.0. The van der Waals surface area contributed by atoms with Gasteiger partial charge in [0.2, 0.25) is 47.3 Å². The number of carbonyl (C=O) groups excluding carboxylic acids is 10. The third kappa shape index (κ3) is 25.9. The number of nitrogens with two attached hydrogens (primary N) is 2. The van der Waals surface area contributed by atoms with Gasteiger partial charge in [0.15, 0.2) is 6.10 Å². The Labute approximate surface area is 453 Å². The maximum absolute atomic E-state index is 14.0. The highest BCUT2D eigenvalue weighted by molar-refractivity contribution is 6.03. The van der Waals surface area contributed by atoms with Crippen molar-refractivity contribution in [1.29, 1.82) is 0 Å². The minimum absolute atomic E-state index is 0.000117. The van der Waals surface area contributed by atoms with Crippen molar-refractivity contribution in [3.63, 3.8) is 0 Å². The van der Waals surface area contributed by atoms with Crippen molar-refractivity contribution in [2.45, 2.75) is 185 Å². The molecule has 0 radical (unpaired) electrons. The van der Waals surface area contributed by atoms with Gasteiger partial charge in [0, 0.05) is 13.0 Å². The largest absolute Gasteiger partial charge is 0.479 e. The number of carboxylic acid groups (broad SMARTS) is 1. The molecule has 1 aliphatic rings. The monoisotopic (exact) mass is 1120 g/mol. The van der Waals surface area contributed by atoms with Crippen LogP contribution in [0.15, 0.2) is 11.8 Å². The van der Waals surface area contributed by atoms with Crippen LogP contribution in [0.1, 0.15) is 124 Å². The molecule has 2 unspecified atom stereocenters. The normalized spacial score (nSPS) is 24.3. The van der Waals surface area contributed by atoms with Crippen LogP contribution in [0.5, 0.6) is 0 Å². The number of esters is 1. The fourth-order valence-corrected chi connectivity index (χ4v) is 7.84. The average Bonchev–Trinajstić information content (AvgIpc) is 3.40. The quantitative estimate of drug-likeness (QED) is 0.0218. The zero-order valence-corrected chi connectivity index (χ0v) is 45.0. The van der Waals surface area contributed by atoms with E-state index in [0.717, 1.165) is 51.5 Å². The van der Waals surface area contributed by atoms with Crippen molar-refractivity contribution in [3.8, 4) is 0 Å². The number of aliphatic hydroxyl groups excluding tert-OH is 5. The van der Waals surface area contributed by atoms with Crippen LogP contribution in [0.25, 0.3) is 0 Å². The number of unbranched alkanes of at least 4 members (excludes halogenated alkanes) is 8. The first-order chi connectivity index (χ1) is 37.0. The fraction of sp³-hybridized carbons (Fsp3) is 0.735. The topological polar surface area (TPSA) is 479 Å². The summed E-state index contributed by atoms with van der Waals surface area (Å²) in [5, 5.41) is 81.1. The summed E-state index contributed by atoms with van der Waals surface area (Å²) in [6.07, 6.45) is 3.60. The van der Waals surface area contributed by atoms with Crippen molar-refractivity contribution < 1.29 is 88.1 Å². The number of nitrogens with one attached hydrogen (secondary N) is 9. The van der Waals surface area contributed by atoms with E-state index in [1.807, 2.05) is 17.6 Å². The van der Waals surface area contributed by atoms with E-state index in [4.69, 9.17) is 16.2 Å². The smallest absolute Gasteiger partial charge is 0.335 e. The van der Waals surface area contributed by atoms with Crippen molar-refractivity contribution in [2.75, 3.05) is 39.5 Å². The molecule has 444 valence electrons. The molecule has 11 atom stereocenters. The Morgan fingerprint density at radius 2 is 1.17 bits per heavy atom. The maximum atomic E-state index is 14.0. The number of allylic oxidation sites excluding steroid dienone is 1. The molecule has 0 saturated carbocycles. The molecule has 29 heteroatoms. The number of aliphatic carboxylic acids is 1. The fourth-order valence-electron chi connectivity index (χ4n) is 7.84. The Bertz CT molecular complexity index is 2010. The second-order valence-electron chi connectivity index (χ2n) is 19.0. The first-order valence-electron chi connectivity index (χ1n) is 26.4. The van der Waals surface area contributed by atoms with E-state index >= 15 is 0 Å². The third-order valence-corrected chi connectivity index (χ3v) is 12.4. The number of rotatable bonds is 26. The van der Waals surface area contributed by atoms with Gasteiger partial charge in [-0.05, 0) is 58.5 Å². The summed E-state index contributed by atoms with van der Waals surface area (Å²) in [7, 11) is 0. The van der Waals surface area contributed by atoms with E-state index < -0.39 is 164 Å². The molecule has 1 saturated heterocycles. The molecule has 1 aliphatic heterocycles. The van der Waals surface area contributed by atoms with E-state index in [9.17, 15) is 83.4 Å². The Morgan fingerprint density at radius 3 is 1.72 bits per heavy atom. The lowest BCUT2D eigenvalue weighted by Crippen LogP contribution is -2.64. The van der Waals surface area contributed by atoms with Gasteiger partial charge in [0.25, 0.3) is 5.91 Å². The van der Waals surface area contributed by atoms with Gasteiger partial charge in [0.05, 0.1) is 19.3 Å². The van der Waals surface area contributed by atoms with Crippen LogP contribution in [0.4, 0.5) is 0 Å². The van der Waals surface area contributed by atoms with Gasteiger partial charge in [-0.2, -0.15) is 0 Å². The lowest BCUT2D eigenvalue weighted by atomic mass is 9.99. The van der Waals surface area contributed by atoms with Crippen LogP contribution >= 0.6 is 0 Å². The van der Waals surface area contributed by atoms with Crippen LogP contribution in [-0.2, 0) is 57.5 Å². The number of amides is 9. The molecule has 1 rings (SSSR count). The minimum Gasteiger partial charge on any atom is -0.479 e. The van der Waals surface area contributed by atoms with Gasteiger partial charge in [-0.3, -0.25) is 47.9 Å². The average molecular weight is 1120 g/mol. The lowest BCUT2D eigenvalue weighted by molar-refractivity contribution is -0.152. The standard InChI is InChI=1S/C49H85N11O18/c1-5-7-8-9-10-11-12-13-14-16-27(3)23-36(66)78-26-33-45(72)56-31(18-21-51)41(68)52-24-35(65)53-32(19-22-61)43(70)55-30(17-15-20-50)44(71)58-37(28(4)63)46(73)54-29(6-2)42(69)60-39(40(67)49(76)77)48(75)59-38(34(64)25-62)47(74)57-33/h6,27-28,30-34,37-40,61-64,67H,5,7-26,50-51H2,1-4H3,(H,52,68)(H,53,65)(H,54,73)(H,55,70)(H,56,72)(H,57,74)(H,58,71)(H,59,75)(H,60,69)(H,76,77)/b29-6-/t27?,28-,30+,31+,32+,33+,34-,37+,38+,39+,40?/m1/s1. The first kappa shape index (κ1) is 69.6. The molecule has 0 aromatic carbocycles. The van der Waals surface area contributed by atoms with E-state index in [-0.39, 0.29) is 44.7 Å². The van der Waals surface area contributed by atoms with E-state index in [0.29, 0.717) is 6.42 Å². The molecule has 1 heterocycles. The number of ether oxygens (including phenoxy) is 1. The second kappa shape index (κ2) is 38.2. The van der Waals surface area contributed by atoms with Gasteiger partial charge in [-0.15, -0.1) is 0 Å². The number of hydrogen-bond donors (Lipinski definition) is 17. The predicted molar refractivity (Wildman–Crippen MR) is 277 cm³/mol. The van der Waals surface area contributed by atoms with Gasteiger partial charge in [-0.1, -0.05) is 84.1 Å². The molecule has 0 spiro atoms. The Balaban J connectivity index is 3.81. The zero-order valence-electron chi connectivity index (χ0n) is 45.0. The number of aliphatic hydroxyl groups is 5. The number of carboxylic acids is 1. The maximum Gasteiger partial charge on any atom is 0.335 e. The summed E-state index contributed by atoms with van der Waals surface area (Å²) in [4.78, 5) is 148. The highest BCUT2D eigenvalue weighted by atomic mass is 16.5. The van der Waals surface area contributed by atoms with Crippen molar-refractivity contribution in [1.82, 2.24) is 47.9 Å². The van der Waals surface area contributed by atoms with Gasteiger partial charge >= 0.3 is 11.9 Å². The van der Waals surface area contributed by atoms with Crippen LogP contribution in [0.3, 0.4) is 0 Å². The lowest BCUT2D eigenvalue weighted by Gasteiger charge is -2.29. The van der Waals surface area contributed by atoms with Gasteiger partial charge in [0.1, 0.15) is 60.7 Å². The first-order valence-corrected chi connectivity index (χ1v) is 26.4. The molecule has 78 heavy (non-hydrogen) atoms. The van der Waals surface area contributed by atoms with Crippen LogP contribution in [-0.4, -0.2) is 196 Å². The molecule has 0 aromatic rings. The summed E-state index contributed by atoms with van der Waals surface area (Å²) in [6.45, 7) is 2.19. The van der Waals surface area contributed by atoms with Gasteiger partial charge < -0.3 is 94.7 Å². The van der Waals surface area contributed by atoms with E-state index in [2.05, 4.69) is 44.1 Å². The van der Waals surface area contributed by atoms with Crippen molar-refractivity contribution in [3.05, 3.63) is 11.8 Å². The minimum atomic E-state index is -2.83. The molecule has 19 N–H and O–H groups in total. The SMILES string of the molecule is C/C=C1\NC(=O)[C@H]([C@@H](C)O)NC(=O)[C@H](CCCN)NC(=O)[C@H](CCO)NC(=O)CNC(=O)[C@H](CCN)NC(=O)[C@H](COC(=O)CC(C)CCCCCCCCCCC)NC(=O)[C@H]([C@H](O)CO)NC(=O)[C@H](C(O)C(=O)O)NC1=O. The Hall–Kier alpha value is -6.37. The zero-order chi connectivity index (χ0) is 58.9. The summed E-state index contributed by atoms with van der Waals surface area (Å²) >= 11 is 0. The Morgan fingerprint density at radius 1 is 0.628 bits per heavy atom. The van der Waals surface area contributed by atoms with E-state index in [1.54, 1.807) is 0 Å². The number of carbonyl (C=O) groups is 11. The molecule has 29 nitrogen and oxygen atoms in total. The Kier molecular flexibility index (Phi) is 34.1. The van der Waals surface area contributed by atoms with Crippen molar-refractivity contribution >= 4 is 65.1 Å². The van der Waals surface area contributed by atoms with E-state index in [1.165, 1.54) is 26.2 Å². The van der Waals surface area contributed by atoms with Crippen LogP contribution in [0, 0.1) is 5.92 Å². The summed E-state index contributed by atoms with van der Waals surface area (Å²) in [6, 6.07) is -13.5. The highest BCUT2D eigenvalue weighted by Crippen LogP contribution is 2.17. The number of hydrogen-bond acceptors (Lipinski definition) is 19. The molecule has 1 fully saturated rings. The summed E-state index contributed by atoms with van der Waals surface area (Å²) in [5.41, 5.74) is 10.6. The molecular formula is C49H85N11O18. The third-order valence-electron chi connectivity index (χ3n) is 12.4. The molecule has 9 amide bonds. The molecule has 0 aliphatic carbocycles. The van der Waals surface area contributed by atoms with Crippen LogP contribution in [0.2, 0.25) is 0 Å². The highest BCUT2D eigenvalue weighted by Gasteiger charge is 2.40. The summed E-state index contributed by atoms with van der Waals surface area (Å²) in [5.74, 6) is -14.5. The predicted octanol–water partition coefficient (Wildman–Crippen LogP) is -5.33. The van der Waals surface area contributed by atoms with Gasteiger partial charge in [-0.25, -0.2) is 4.79 Å². The van der Waals surface area contributed by atoms with Crippen LogP contribution < -0.4 is 59.3 Å². The molecule has 0 bridgehead atoms. The molecular weight excluding hydrogens is 1030 g/mol. The van der Waals surface area contributed by atoms with Crippen molar-refractivity contribution in [2.24, 2.45) is 17.4 Å².